The summed E-state index contributed by atoms with van der Waals surface area (Å²) >= 11 is 0. The normalized spacial score (nSPS) is 11.7. The average Bonchev–Trinajstić information content (AvgIpc) is 2.55. The van der Waals surface area contributed by atoms with Crippen LogP contribution in [-0.4, -0.2) is 49.0 Å². The quantitative estimate of drug-likeness (QED) is 0.425. The Labute approximate surface area is 157 Å². The van der Waals surface area contributed by atoms with E-state index in [0.29, 0.717) is 19.1 Å². The molecule has 0 fully saturated rings. The number of benzene rings is 1. The number of likely N-dealkylation sites (N-methyl/N-ethyl adjacent to an activating group) is 1. The maximum absolute atomic E-state index is 12.2. The lowest BCUT2D eigenvalue weighted by Gasteiger charge is -2.25. The van der Waals surface area contributed by atoms with Crippen molar-refractivity contribution in [2.45, 2.75) is 39.8 Å². The van der Waals surface area contributed by atoms with Crippen molar-refractivity contribution in [1.82, 2.24) is 15.5 Å². The lowest BCUT2D eigenvalue weighted by Crippen LogP contribution is -2.48. The Morgan fingerprint density at radius 3 is 2.65 bits per heavy atom. The van der Waals surface area contributed by atoms with Gasteiger partial charge in [0.2, 0.25) is 5.91 Å². The first-order valence-corrected chi connectivity index (χ1v) is 8.89. The Bertz CT molecular complexity index is 620. The molecule has 1 aromatic carbocycles. The number of nitrogens with one attached hydrogen (secondary N) is 2. The third-order valence-electron chi connectivity index (χ3n) is 3.32. The van der Waals surface area contributed by atoms with Gasteiger partial charge in [-0.3, -0.25) is 4.79 Å². The molecule has 6 heteroatoms. The molecule has 2 N–H and O–H groups in total. The lowest BCUT2D eigenvalue weighted by atomic mass is 10.1. The summed E-state index contributed by atoms with van der Waals surface area (Å²) in [5.74, 6) is 1.43. The van der Waals surface area contributed by atoms with Gasteiger partial charge in [-0.2, -0.15) is 0 Å². The Morgan fingerprint density at radius 2 is 2.04 bits per heavy atom. The van der Waals surface area contributed by atoms with Gasteiger partial charge < -0.3 is 20.3 Å². The second kappa shape index (κ2) is 10.5. The van der Waals surface area contributed by atoms with Crippen LogP contribution in [0, 0.1) is 0 Å². The van der Waals surface area contributed by atoms with Crippen LogP contribution in [-0.2, 0) is 11.3 Å². The molecule has 0 heterocycles. The van der Waals surface area contributed by atoms with E-state index in [-0.39, 0.29) is 18.0 Å². The van der Waals surface area contributed by atoms with Crippen molar-refractivity contribution in [1.29, 1.82) is 0 Å². The van der Waals surface area contributed by atoms with Crippen molar-refractivity contribution in [2.75, 3.05) is 26.7 Å². The van der Waals surface area contributed by atoms with Gasteiger partial charge in [-0.1, -0.05) is 30.9 Å². The van der Waals surface area contributed by atoms with Gasteiger partial charge in [-0.05, 0) is 33.8 Å². The Balaban J connectivity index is 2.82. The standard InChI is InChI=1S/C20H32N4O2/c1-7-13-26-17-12-10-9-11-16(17)14-22-19(21-8-2)24(6)15-18(25)23-20(3,4)5/h7,9-12H,1,8,13-15H2,2-6H3,(H,21,22)(H,23,25). The number of guanidine groups is 1. The largest absolute Gasteiger partial charge is 0.489 e. The number of nitrogens with zero attached hydrogens (tertiary/aromatic N) is 2. The zero-order valence-corrected chi connectivity index (χ0v) is 16.6. The van der Waals surface area contributed by atoms with Crippen LogP contribution in [0.15, 0.2) is 41.9 Å². The highest BCUT2D eigenvalue weighted by atomic mass is 16.5. The second-order valence-corrected chi connectivity index (χ2v) is 7.03. The first kappa shape index (κ1) is 21.5. The average molecular weight is 361 g/mol. The highest BCUT2D eigenvalue weighted by Gasteiger charge is 2.16. The molecule has 1 aromatic rings. The van der Waals surface area contributed by atoms with Crippen molar-refractivity contribution >= 4 is 11.9 Å². The minimum atomic E-state index is -0.255. The predicted molar refractivity (Wildman–Crippen MR) is 107 cm³/mol. The van der Waals surface area contributed by atoms with E-state index in [2.05, 4.69) is 22.2 Å². The monoisotopic (exact) mass is 360 g/mol. The minimum Gasteiger partial charge on any atom is -0.489 e. The van der Waals surface area contributed by atoms with Crippen molar-refractivity contribution in [3.05, 3.63) is 42.5 Å². The zero-order chi connectivity index (χ0) is 19.6. The number of para-hydroxylation sites is 1. The molecule has 6 nitrogen and oxygen atoms in total. The Morgan fingerprint density at radius 1 is 1.35 bits per heavy atom. The van der Waals surface area contributed by atoms with Crippen LogP contribution in [0.3, 0.4) is 0 Å². The number of ether oxygens (including phenoxy) is 1. The van der Waals surface area contributed by atoms with E-state index in [1.165, 1.54) is 0 Å². The summed E-state index contributed by atoms with van der Waals surface area (Å²) in [6.45, 7) is 13.4. The fraction of sp³-hybridized carbons (Fsp3) is 0.500. The number of aliphatic imine (C=N–C) groups is 1. The van der Waals surface area contributed by atoms with Gasteiger partial charge in [0.25, 0.3) is 0 Å². The number of carbonyl (C=O) groups is 1. The fourth-order valence-electron chi connectivity index (χ4n) is 2.30. The molecule has 26 heavy (non-hydrogen) atoms. The van der Waals surface area contributed by atoms with Crippen molar-refractivity contribution in [2.24, 2.45) is 4.99 Å². The van der Waals surface area contributed by atoms with E-state index < -0.39 is 0 Å². The van der Waals surface area contributed by atoms with Crippen LogP contribution >= 0.6 is 0 Å². The summed E-state index contributed by atoms with van der Waals surface area (Å²) in [7, 11) is 1.85. The van der Waals surface area contributed by atoms with Gasteiger partial charge in [0.15, 0.2) is 5.96 Å². The van der Waals surface area contributed by atoms with Crippen molar-refractivity contribution in [3.63, 3.8) is 0 Å². The lowest BCUT2D eigenvalue weighted by molar-refractivity contribution is -0.122. The van der Waals surface area contributed by atoms with Crippen LogP contribution in [0.1, 0.15) is 33.3 Å². The summed E-state index contributed by atoms with van der Waals surface area (Å²) in [4.78, 5) is 18.6. The second-order valence-electron chi connectivity index (χ2n) is 7.03. The van der Waals surface area contributed by atoms with Gasteiger partial charge in [0.05, 0.1) is 13.1 Å². The smallest absolute Gasteiger partial charge is 0.240 e. The topological polar surface area (TPSA) is 66.0 Å². The fourth-order valence-corrected chi connectivity index (χ4v) is 2.30. The molecule has 0 bridgehead atoms. The number of hydrogen-bond acceptors (Lipinski definition) is 3. The third-order valence-corrected chi connectivity index (χ3v) is 3.32. The highest BCUT2D eigenvalue weighted by molar-refractivity contribution is 5.86. The molecule has 0 unspecified atom stereocenters. The molecule has 0 radical (unpaired) electrons. The molecule has 0 aliphatic heterocycles. The Hall–Kier alpha value is -2.50. The molecule has 0 saturated heterocycles. The first-order chi connectivity index (χ1) is 12.3. The van der Waals surface area contributed by atoms with E-state index in [1.54, 1.807) is 6.08 Å². The molecule has 1 amide bonds. The van der Waals surface area contributed by atoms with E-state index in [0.717, 1.165) is 17.9 Å². The number of hydrogen-bond donors (Lipinski definition) is 2. The molecule has 144 valence electrons. The molecule has 0 saturated carbocycles. The molecule has 1 rings (SSSR count). The van der Waals surface area contributed by atoms with Crippen LogP contribution in [0.2, 0.25) is 0 Å². The number of rotatable bonds is 8. The summed E-state index contributed by atoms with van der Waals surface area (Å²) < 4.78 is 5.67. The van der Waals surface area contributed by atoms with Gasteiger partial charge in [-0.15, -0.1) is 0 Å². The highest BCUT2D eigenvalue weighted by Crippen LogP contribution is 2.19. The number of amides is 1. The van der Waals surface area contributed by atoms with Crippen LogP contribution in [0.4, 0.5) is 0 Å². The maximum atomic E-state index is 12.2. The van der Waals surface area contributed by atoms with E-state index in [1.807, 2.05) is 63.9 Å². The zero-order valence-electron chi connectivity index (χ0n) is 16.6. The van der Waals surface area contributed by atoms with Gasteiger partial charge >= 0.3 is 0 Å². The summed E-state index contributed by atoms with van der Waals surface area (Å²) in [6.07, 6.45) is 1.71. The molecular weight excluding hydrogens is 328 g/mol. The minimum absolute atomic E-state index is 0.0414. The summed E-state index contributed by atoms with van der Waals surface area (Å²) in [6, 6.07) is 7.79. The van der Waals surface area contributed by atoms with Crippen molar-refractivity contribution < 1.29 is 9.53 Å². The van der Waals surface area contributed by atoms with Crippen molar-refractivity contribution in [3.8, 4) is 5.75 Å². The van der Waals surface area contributed by atoms with Gasteiger partial charge in [0.1, 0.15) is 12.4 Å². The summed E-state index contributed by atoms with van der Waals surface area (Å²) in [5.41, 5.74) is 0.728. The van der Waals surface area contributed by atoms with E-state index in [4.69, 9.17) is 4.74 Å². The summed E-state index contributed by atoms with van der Waals surface area (Å²) in [5, 5.41) is 6.18. The van der Waals surface area contributed by atoms with Gasteiger partial charge in [0, 0.05) is 24.7 Å². The SMILES string of the molecule is C=CCOc1ccccc1CN=C(NCC)N(C)CC(=O)NC(C)(C)C. The molecular formula is C20H32N4O2. The third kappa shape index (κ3) is 8.05. The Kier molecular flexibility index (Phi) is 8.68. The molecule has 0 aliphatic carbocycles. The number of carbonyl (C=O) groups excluding carboxylic acids is 1. The predicted octanol–water partition coefficient (Wildman–Crippen LogP) is 2.56. The molecule has 0 atom stereocenters. The first-order valence-electron chi connectivity index (χ1n) is 8.89. The van der Waals surface area contributed by atoms with Crippen LogP contribution in [0.25, 0.3) is 0 Å². The molecule has 0 aromatic heterocycles. The van der Waals surface area contributed by atoms with Gasteiger partial charge in [-0.25, -0.2) is 4.99 Å². The molecule has 0 aliphatic rings. The van der Waals surface area contributed by atoms with E-state index >= 15 is 0 Å². The molecule has 0 spiro atoms. The van der Waals surface area contributed by atoms with Crippen LogP contribution in [0.5, 0.6) is 5.75 Å². The van der Waals surface area contributed by atoms with E-state index in [9.17, 15) is 4.79 Å². The van der Waals surface area contributed by atoms with Crippen LogP contribution < -0.4 is 15.4 Å². The maximum Gasteiger partial charge on any atom is 0.240 e.